The summed E-state index contributed by atoms with van der Waals surface area (Å²) < 4.78 is 0. The van der Waals surface area contributed by atoms with Crippen LogP contribution >= 0.6 is 11.6 Å². The largest absolute Gasteiger partial charge is 0.481 e. The van der Waals surface area contributed by atoms with Gasteiger partial charge in [-0.2, -0.15) is 0 Å². The van der Waals surface area contributed by atoms with Gasteiger partial charge in [-0.1, -0.05) is 29.8 Å². The Morgan fingerprint density at radius 1 is 1.37 bits per heavy atom. The first-order valence-corrected chi connectivity index (χ1v) is 6.79. The van der Waals surface area contributed by atoms with Crippen molar-refractivity contribution < 1.29 is 9.90 Å². The molecule has 3 nitrogen and oxygen atoms in total. The first kappa shape index (κ1) is 14.1. The molecule has 0 bridgehead atoms. The lowest BCUT2D eigenvalue weighted by atomic mass is 9.88. The van der Waals surface area contributed by atoms with Crippen LogP contribution in [0.3, 0.4) is 0 Å². The minimum absolute atomic E-state index is 0.352. The first-order chi connectivity index (χ1) is 8.99. The molecule has 1 N–H and O–H groups in total. The van der Waals surface area contributed by atoms with Crippen molar-refractivity contribution in [1.82, 2.24) is 4.90 Å². The summed E-state index contributed by atoms with van der Waals surface area (Å²) in [5.74, 6) is -1.25. The van der Waals surface area contributed by atoms with Crippen LogP contribution in [0.1, 0.15) is 19.4 Å². The van der Waals surface area contributed by atoms with Crippen molar-refractivity contribution in [3.8, 4) is 0 Å². The number of benzene rings is 1. The predicted molar refractivity (Wildman–Crippen MR) is 77.3 cm³/mol. The summed E-state index contributed by atoms with van der Waals surface area (Å²) in [5, 5.41) is 10.1. The predicted octanol–water partition coefficient (Wildman–Crippen LogP) is 3.15. The van der Waals surface area contributed by atoms with Crippen LogP contribution in [0.25, 0.3) is 5.57 Å². The molecule has 102 valence electrons. The minimum Gasteiger partial charge on any atom is -0.481 e. The van der Waals surface area contributed by atoms with E-state index < -0.39 is 11.9 Å². The van der Waals surface area contributed by atoms with Crippen LogP contribution in [0.2, 0.25) is 5.02 Å². The number of carbonyl (C=O) groups is 1. The molecule has 0 aromatic heterocycles. The Hall–Kier alpha value is -1.32. The Bertz CT molecular complexity index is 493. The Kier molecular flexibility index (Phi) is 4.27. The molecule has 0 amide bonds. The summed E-state index contributed by atoms with van der Waals surface area (Å²) in [4.78, 5) is 13.6. The van der Waals surface area contributed by atoms with Crippen molar-refractivity contribution in [2.75, 3.05) is 13.1 Å². The molecule has 0 radical (unpaired) electrons. The standard InChI is InChI=1S/C15H18ClNO2/c1-10(2)17-8-7-13(14(9-17)15(18)19)11-3-5-12(16)6-4-11/h3-7,10,14H,8-9H2,1-2H3,(H,18,19). The number of hydrogen-bond donors (Lipinski definition) is 1. The number of rotatable bonds is 3. The first-order valence-electron chi connectivity index (χ1n) is 6.42. The second kappa shape index (κ2) is 5.76. The third-order valence-electron chi connectivity index (χ3n) is 3.54. The van der Waals surface area contributed by atoms with E-state index in [1.54, 1.807) is 12.1 Å². The van der Waals surface area contributed by atoms with Crippen LogP contribution in [0.5, 0.6) is 0 Å². The summed E-state index contributed by atoms with van der Waals surface area (Å²) in [6.45, 7) is 5.51. The van der Waals surface area contributed by atoms with Gasteiger partial charge in [-0.15, -0.1) is 0 Å². The molecule has 19 heavy (non-hydrogen) atoms. The molecule has 1 aliphatic heterocycles. The fourth-order valence-corrected chi connectivity index (χ4v) is 2.49. The maximum atomic E-state index is 11.5. The van der Waals surface area contributed by atoms with Gasteiger partial charge in [0.25, 0.3) is 0 Å². The van der Waals surface area contributed by atoms with E-state index in [0.29, 0.717) is 17.6 Å². The van der Waals surface area contributed by atoms with Gasteiger partial charge in [0, 0.05) is 24.2 Å². The van der Waals surface area contributed by atoms with Crippen molar-refractivity contribution in [3.05, 3.63) is 40.9 Å². The maximum Gasteiger partial charge on any atom is 0.312 e. The average molecular weight is 280 g/mol. The summed E-state index contributed by atoms with van der Waals surface area (Å²) >= 11 is 5.87. The molecule has 0 saturated heterocycles. The number of nitrogens with zero attached hydrogens (tertiary/aromatic N) is 1. The van der Waals surface area contributed by atoms with Gasteiger partial charge in [0.15, 0.2) is 0 Å². The van der Waals surface area contributed by atoms with Crippen molar-refractivity contribution >= 4 is 23.1 Å². The number of hydrogen-bond acceptors (Lipinski definition) is 2. The molecule has 1 heterocycles. The number of aliphatic carboxylic acids is 1. The molecule has 1 aromatic rings. The van der Waals surface area contributed by atoms with Crippen LogP contribution in [0, 0.1) is 5.92 Å². The fraction of sp³-hybridized carbons (Fsp3) is 0.400. The molecule has 0 aliphatic carbocycles. The normalized spacial score (nSPS) is 20.4. The van der Waals surface area contributed by atoms with Crippen LogP contribution < -0.4 is 0 Å². The third kappa shape index (κ3) is 3.17. The molecule has 0 fully saturated rings. The Labute approximate surface area is 118 Å². The molecule has 0 saturated carbocycles. The molecule has 1 aromatic carbocycles. The zero-order valence-corrected chi connectivity index (χ0v) is 11.9. The van der Waals surface area contributed by atoms with E-state index in [2.05, 4.69) is 18.7 Å². The smallest absolute Gasteiger partial charge is 0.312 e. The lowest BCUT2D eigenvalue weighted by Crippen LogP contribution is -2.41. The lowest BCUT2D eigenvalue weighted by Gasteiger charge is -2.33. The summed E-state index contributed by atoms with van der Waals surface area (Å²) in [5.41, 5.74) is 1.83. The molecule has 2 rings (SSSR count). The Morgan fingerprint density at radius 3 is 2.53 bits per heavy atom. The monoisotopic (exact) mass is 279 g/mol. The summed E-state index contributed by atoms with van der Waals surface area (Å²) in [6.07, 6.45) is 2.02. The molecule has 1 aliphatic rings. The molecule has 1 atom stereocenters. The van der Waals surface area contributed by atoms with Crippen LogP contribution in [-0.4, -0.2) is 35.1 Å². The van der Waals surface area contributed by atoms with E-state index >= 15 is 0 Å². The van der Waals surface area contributed by atoms with Gasteiger partial charge >= 0.3 is 5.97 Å². The van der Waals surface area contributed by atoms with Gasteiger partial charge < -0.3 is 5.11 Å². The highest BCUT2D eigenvalue weighted by Crippen LogP contribution is 2.29. The highest BCUT2D eigenvalue weighted by atomic mass is 35.5. The van der Waals surface area contributed by atoms with Gasteiger partial charge in [-0.3, -0.25) is 9.69 Å². The van der Waals surface area contributed by atoms with Crippen molar-refractivity contribution in [2.24, 2.45) is 5.92 Å². The number of halogens is 1. The van der Waals surface area contributed by atoms with E-state index in [0.717, 1.165) is 17.7 Å². The van der Waals surface area contributed by atoms with Crippen molar-refractivity contribution in [3.63, 3.8) is 0 Å². The van der Waals surface area contributed by atoms with Crippen LogP contribution in [-0.2, 0) is 4.79 Å². The van der Waals surface area contributed by atoms with Crippen molar-refractivity contribution in [2.45, 2.75) is 19.9 Å². The summed E-state index contributed by atoms with van der Waals surface area (Å²) in [7, 11) is 0. The molecule has 0 spiro atoms. The van der Waals surface area contributed by atoms with Gasteiger partial charge in [-0.25, -0.2) is 0 Å². The zero-order valence-electron chi connectivity index (χ0n) is 11.1. The topological polar surface area (TPSA) is 40.5 Å². The maximum absolute atomic E-state index is 11.5. The highest BCUT2D eigenvalue weighted by molar-refractivity contribution is 6.30. The highest BCUT2D eigenvalue weighted by Gasteiger charge is 2.30. The van der Waals surface area contributed by atoms with Crippen LogP contribution in [0.15, 0.2) is 30.3 Å². The van der Waals surface area contributed by atoms with Gasteiger partial charge in [0.1, 0.15) is 0 Å². The van der Waals surface area contributed by atoms with E-state index in [1.807, 2.05) is 18.2 Å². The van der Waals surface area contributed by atoms with Gasteiger partial charge in [0.05, 0.1) is 5.92 Å². The second-order valence-electron chi connectivity index (χ2n) is 5.10. The minimum atomic E-state index is -0.772. The zero-order chi connectivity index (χ0) is 14.0. The summed E-state index contributed by atoms with van der Waals surface area (Å²) in [6, 6.07) is 7.71. The van der Waals surface area contributed by atoms with E-state index in [-0.39, 0.29) is 0 Å². The van der Waals surface area contributed by atoms with E-state index in [1.165, 1.54) is 0 Å². The third-order valence-corrected chi connectivity index (χ3v) is 3.80. The lowest BCUT2D eigenvalue weighted by molar-refractivity contribution is -0.140. The Morgan fingerprint density at radius 2 is 2.00 bits per heavy atom. The molecule has 4 heteroatoms. The van der Waals surface area contributed by atoms with E-state index in [4.69, 9.17) is 11.6 Å². The van der Waals surface area contributed by atoms with Crippen molar-refractivity contribution in [1.29, 1.82) is 0 Å². The van der Waals surface area contributed by atoms with Gasteiger partial charge in [-0.05, 0) is 37.1 Å². The second-order valence-corrected chi connectivity index (χ2v) is 5.54. The quantitative estimate of drug-likeness (QED) is 0.924. The SMILES string of the molecule is CC(C)N1CC=C(c2ccc(Cl)cc2)C(C(=O)O)C1. The molecular formula is C15H18ClNO2. The fourth-order valence-electron chi connectivity index (χ4n) is 2.36. The van der Waals surface area contributed by atoms with Crippen LogP contribution in [0.4, 0.5) is 0 Å². The Balaban J connectivity index is 2.31. The molecule has 1 unspecified atom stereocenters. The van der Waals surface area contributed by atoms with E-state index in [9.17, 15) is 9.90 Å². The average Bonchev–Trinajstić information content (AvgIpc) is 2.38. The number of carboxylic acid groups (broad SMARTS) is 1. The number of carboxylic acids is 1. The van der Waals surface area contributed by atoms with Gasteiger partial charge in [0.2, 0.25) is 0 Å². The molecular weight excluding hydrogens is 262 g/mol.